The molecule has 100 valence electrons. The highest BCUT2D eigenvalue weighted by atomic mass is 32.1. The number of carbonyl (C=O) groups excluding carboxylic acids is 1. The van der Waals surface area contributed by atoms with Gasteiger partial charge in [-0.3, -0.25) is 4.79 Å². The molecule has 19 heavy (non-hydrogen) atoms. The number of nitrogens with two attached hydrogens (primary N) is 1. The first-order valence-corrected chi connectivity index (χ1v) is 7.36. The highest BCUT2D eigenvalue weighted by molar-refractivity contribution is 7.18. The Hall–Kier alpha value is -1.46. The molecule has 0 unspecified atom stereocenters. The average molecular weight is 275 g/mol. The topological polar surface area (TPSA) is 68.0 Å². The van der Waals surface area contributed by atoms with E-state index in [0.717, 1.165) is 46.6 Å². The van der Waals surface area contributed by atoms with Gasteiger partial charge < -0.3 is 11.1 Å². The van der Waals surface area contributed by atoms with E-state index in [0.29, 0.717) is 0 Å². The summed E-state index contributed by atoms with van der Waals surface area (Å²) in [5.41, 5.74) is 7.24. The SMILES string of the molecule is Cc1nc2ccc(NC(=O)C3(N)CCCC3)cc2s1. The van der Waals surface area contributed by atoms with E-state index < -0.39 is 5.54 Å². The van der Waals surface area contributed by atoms with Gasteiger partial charge in [0.15, 0.2) is 0 Å². The first kappa shape index (κ1) is 12.6. The van der Waals surface area contributed by atoms with E-state index in [9.17, 15) is 4.79 Å². The molecular weight excluding hydrogens is 258 g/mol. The molecular formula is C14H17N3OS. The molecule has 3 rings (SSSR count). The number of aryl methyl sites for hydroxylation is 1. The maximum atomic E-state index is 12.2. The summed E-state index contributed by atoms with van der Waals surface area (Å²) in [6, 6.07) is 5.79. The van der Waals surface area contributed by atoms with Crippen molar-refractivity contribution in [3.05, 3.63) is 23.2 Å². The molecule has 5 heteroatoms. The summed E-state index contributed by atoms with van der Waals surface area (Å²) in [6.07, 6.45) is 3.63. The lowest BCUT2D eigenvalue weighted by Crippen LogP contribution is -2.48. The Kier molecular flexibility index (Phi) is 3.03. The van der Waals surface area contributed by atoms with Gasteiger partial charge in [0, 0.05) is 5.69 Å². The van der Waals surface area contributed by atoms with Gasteiger partial charge in [-0.2, -0.15) is 0 Å². The summed E-state index contributed by atoms with van der Waals surface area (Å²) in [6.45, 7) is 1.98. The van der Waals surface area contributed by atoms with Crippen molar-refractivity contribution in [2.75, 3.05) is 5.32 Å². The molecule has 4 nitrogen and oxygen atoms in total. The molecule has 1 fully saturated rings. The molecule has 0 aliphatic heterocycles. The van der Waals surface area contributed by atoms with Crippen molar-refractivity contribution in [1.29, 1.82) is 0 Å². The van der Waals surface area contributed by atoms with Crippen LogP contribution in [0.1, 0.15) is 30.7 Å². The standard InChI is InChI=1S/C14H17N3OS/c1-9-16-11-5-4-10(8-12(11)19-9)17-13(18)14(15)6-2-3-7-14/h4-5,8H,2-3,6-7,15H2,1H3,(H,17,18). The lowest BCUT2D eigenvalue weighted by molar-refractivity contribution is -0.121. The Labute approximate surface area is 116 Å². The summed E-state index contributed by atoms with van der Waals surface area (Å²) in [5, 5.41) is 3.97. The molecule has 1 amide bonds. The molecule has 1 aliphatic rings. The van der Waals surface area contributed by atoms with Crippen LogP contribution in [0, 0.1) is 6.92 Å². The summed E-state index contributed by atoms with van der Waals surface area (Å²) in [5.74, 6) is -0.0643. The van der Waals surface area contributed by atoms with Gasteiger partial charge in [-0.15, -0.1) is 11.3 Å². The minimum Gasteiger partial charge on any atom is -0.324 e. The fraction of sp³-hybridized carbons (Fsp3) is 0.429. The van der Waals surface area contributed by atoms with Crippen LogP contribution < -0.4 is 11.1 Å². The van der Waals surface area contributed by atoms with Crippen LogP contribution in [0.3, 0.4) is 0 Å². The van der Waals surface area contributed by atoms with Crippen LogP contribution in [0.5, 0.6) is 0 Å². The summed E-state index contributed by atoms with van der Waals surface area (Å²) >= 11 is 1.63. The quantitative estimate of drug-likeness (QED) is 0.885. The van der Waals surface area contributed by atoms with Crippen molar-refractivity contribution >= 4 is 33.1 Å². The Balaban J connectivity index is 1.82. The second-order valence-corrected chi connectivity index (χ2v) is 6.47. The van der Waals surface area contributed by atoms with Crippen molar-refractivity contribution < 1.29 is 4.79 Å². The summed E-state index contributed by atoms with van der Waals surface area (Å²) < 4.78 is 1.09. The van der Waals surface area contributed by atoms with Gasteiger partial charge >= 0.3 is 0 Å². The lowest BCUT2D eigenvalue weighted by atomic mass is 9.98. The fourth-order valence-electron chi connectivity index (χ4n) is 2.61. The van der Waals surface area contributed by atoms with Gasteiger partial charge in [-0.1, -0.05) is 12.8 Å². The van der Waals surface area contributed by atoms with E-state index >= 15 is 0 Å². The van der Waals surface area contributed by atoms with E-state index in [1.807, 2.05) is 25.1 Å². The van der Waals surface area contributed by atoms with Crippen LogP contribution in [0.2, 0.25) is 0 Å². The predicted octanol–water partition coefficient (Wildman–Crippen LogP) is 2.81. The Bertz CT molecular complexity index is 629. The molecule has 0 atom stereocenters. The number of anilines is 1. The zero-order valence-corrected chi connectivity index (χ0v) is 11.7. The zero-order valence-electron chi connectivity index (χ0n) is 10.9. The first-order chi connectivity index (χ1) is 9.07. The molecule has 2 aromatic rings. The third-order valence-corrected chi connectivity index (χ3v) is 4.63. The summed E-state index contributed by atoms with van der Waals surface area (Å²) in [4.78, 5) is 16.6. The number of hydrogen-bond acceptors (Lipinski definition) is 4. The molecule has 0 spiro atoms. The number of amides is 1. The molecule has 1 aliphatic carbocycles. The second-order valence-electron chi connectivity index (χ2n) is 5.23. The molecule has 1 aromatic carbocycles. The van der Waals surface area contributed by atoms with Crippen LogP contribution in [0.25, 0.3) is 10.2 Å². The number of aromatic nitrogens is 1. The molecule has 1 heterocycles. The van der Waals surface area contributed by atoms with Gasteiger partial charge in [0.2, 0.25) is 5.91 Å². The average Bonchev–Trinajstić information content (AvgIpc) is 2.95. The Morgan fingerprint density at radius 2 is 2.16 bits per heavy atom. The maximum absolute atomic E-state index is 12.2. The number of rotatable bonds is 2. The lowest BCUT2D eigenvalue weighted by Gasteiger charge is -2.22. The third kappa shape index (κ3) is 2.35. The van der Waals surface area contributed by atoms with Crippen molar-refractivity contribution in [3.63, 3.8) is 0 Å². The van der Waals surface area contributed by atoms with Crippen LogP contribution >= 0.6 is 11.3 Å². The van der Waals surface area contributed by atoms with Gasteiger partial charge in [0.25, 0.3) is 0 Å². The van der Waals surface area contributed by atoms with E-state index in [2.05, 4.69) is 10.3 Å². The number of nitrogens with zero attached hydrogens (tertiary/aromatic N) is 1. The number of benzene rings is 1. The van der Waals surface area contributed by atoms with Crippen molar-refractivity contribution in [2.24, 2.45) is 5.73 Å². The molecule has 1 saturated carbocycles. The number of carbonyl (C=O) groups is 1. The van der Waals surface area contributed by atoms with Gasteiger partial charge in [-0.05, 0) is 38.0 Å². The monoisotopic (exact) mass is 275 g/mol. The molecule has 3 N–H and O–H groups in total. The van der Waals surface area contributed by atoms with E-state index in [-0.39, 0.29) is 5.91 Å². The van der Waals surface area contributed by atoms with Crippen LogP contribution in [-0.2, 0) is 4.79 Å². The van der Waals surface area contributed by atoms with E-state index in [4.69, 9.17) is 5.73 Å². The maximum Gasteiger partial charge on any atom is 0.244 e. The Morgan fingerprint density at radius 3 is 2.89 bits per heavy atom. The minimum atomic E-state index is -0.682. The zero-order chi connectivity index (χ0) is 13.5. The van der Waals surface area contributed by atoms with Crippen LogP contribution in [-0.4, -0.2) is 16.4 Å². The molecule has 0 bridgehead atoms. The van der Waals surface area contributed by atoms with Crippen molar-refractivity contribution in [2.45, 2.75) is 38.1 Å². The molecule has 0 radical (unpaired) electrons. The highest BCUT2D eigenvalue weighted by Crippen LogP contribution is 2.29. The van der Waals surface area contributed by atoms with Gasteiger partial charge in [-0.25, -0.2) is 4.98 Å². The molecule has 1 aromatic heterocycles. The third-order valence-electron chi connectivity index (χ3n) is 3.70. The second kappa shape index (κ2) is 4.58. The predicted molar refractivity (Wildman–Crippen MR) is 78.4 cm³/mol. The number of thiazole rings is 1. The smallest absolute Gasteiger partial charge is 0.244 e. The van der Waals surface area contributed by atoms with Crippen LogP contribution in [0.15, 0.2) is 18.2 Å². The Morgan fingerprint density at radius 1 is 1.42 bits per heavy atom. The first-order valence-electron chi connectivity index (χ1n) is 6.54. The van der Waals surface area contributed by atoms with Crippen molar-refractivity contribution in [3.8, 4) is 0 Å². The van der Waals surface area contributed by atoms with Gasteiger partial charge in [0.05, 0.1) is 20.8 Å². The van der Waals surface area contributed by atoms with Gasteiger partial charge in [0.1, 0.15) is 0 Å². The minimum absolute atomic E-state index is 0.0643. The van der Waals surface area contributed by atoms with E-state index in [1.165, 1.54) is 0 Å². The normalized spacial score (nSPS) is 17.8. The van der Waals surface area contributed by atoms with Crippen LogP contribution in [0.4, 0.5) is 5.69 Å². The van der Waals surface area contributed by atoms with Crippen molar-refractivity contribution in [1.82, 2.24) is 4.98 Å². The summed E-state index contributed by atoms with van der Waals surface area (Å²) in [7, 11) is 0. The number of nitrogens with one attached hydrogen (secondary N) is 1. The number of fused-ring (bicyclic) bond motifs is 1. The largest absolute Gasteiger partial charge is 0.324 e. The highest BCUT2D eigenvalue weighted by Gasteiger charge is 2.36. The molecule has 0 saturated heterocycles. The van der Waals surface area contributed by atoms with E-state index in [1.54, 1.807) is 11.3 Å². The fourth-order valence-corrected chi connectivity index (χ4v) is 3.47. The number of hydrogen-bond donors (Lipinski definition) is 2.